The van der Waals surface area contributed by atoms with Crippen LogP contribution >= 0.6 is 0 Å². The maximum atomic E-state index is 12.2. The molecule has 114 valence electrons. The summed E-state index contributed by atoms with van der Waals surface area (Å²) in [4.78, 5) is 22.1. The molecule has 1 N–H and O–H groups in total. The Balaban J connectivity index is 2.05. The molecule has 1 atom stereocenters. The number of carbonyl (C=O) groups is 1. The molecule has 0 aliphatic carbocycles. The molecule has 2 heterocycles. The number of hydrogen-bond donors (Lipinski definition) is 1. The van der Waals surface area contributed by atoms with Crippen LogP contribution in [0.4, 0.5) is 0 Å². The predicted molar refractivity (Wildman–Crippen MR) is 83.6 cm³/mol. The normalized spacial score (nSPS) is 20.5. The maximum absolute atomic E-state index is 12.2. The number of para-hydroxylation sites is 1. The lowest BCUT2D eigenvalue weighted by Gasteiger charge is -2.20. The van der Waals surface area contributed by atoms with Crippen molar-refractivity contribution in [2.75, 3.05) is 6.61 Å². The average molecular weight is 298 g/mol. The summed E-state index contributed by atoms with van der Waals surface area (Å²) in [5.41, 5.74) is 4.41. The first-order chi connectivity index (χ1) is 10.7. The van der Waals surface area contributed by atoms with Crippen molar-refractivity contribution in [2.24, 2.45) is 0 Å². The molecule has 0 bridgehead atoms. The van der Waals surface area contributed by atoms with E-state index in [1.807, 2.05) is 37.3 Å². The quantitative estimate of drug-likeness (QED) is 0.880. The second-order valence-electron chi connectivity index (χ2n) is 5.10. The Bertz CT molecular complexity index is 736. The Morgan fingerprint density at radius 1 is 1.32 bits per heavy atom. The molecule has 1 unspecified atom stereocenters. The number of hydroxylamine groups is 1. The van der Waals surface area contributed by atoms with Crippen LogP contribution < -0.4 is 5.48 Å². The SMILES string of the molecule is CCOC(=O)C1(CC)C=C(c2ccnc3ccccc23)NO1. The number of pyridine rings is 1. The van der Waals surface area contributed by atoms with Crippen LogP contribution in [0.3, 0.4) is 0 Å². The van der Waals surface area contributed by atoms with E-state index >= 15 is 0 Å². The van der Waals surface area contributed by atoms with E-state index in [0.717, 1.165) is 22.2 Å². The van der Waals surface area contributed by atoms with Crippen LogP contribution in [0.5, 0.6) is 0 Å². The van der Waals surface area contributed by atoms with Gasteiger partial charge >= 0.3 is 5.97 Å². The van der Waals surface area contributed by atoms with Gasteiger partial charge in [-0.2, -0.15) is 0 Å². The van der Waals surface area contributed by atoms with E-state index in [9.17, 15) is 4.79 Å². The molecule has 3 rings (SSSR count). The maximum Gasteiger partial charge on any atom is 0.345 e. The molecule has 1 aromatic heterocycles. The summed E-state index contributed by atoms with van der Waals surface area (Å²) in [7, 11) is 0. The second-order valence-corrected chi connectivity index (χ2v) is 5.10. The number of nitrogens with one attached hydrogen (secondary N) is 1. The molecule has 1 aliphatic heterocycles. The van der Waals surface area contributed by atoms with Gasteiger partial charge in [0.05, 0.1) is 17.8 Å². The number of hydrogen-bond acceptors (Lipinski definition) is 5. The van der Waals surface area contributed by atoms with Gasteiger partial charge in [0.15, 0.2) is 0 Å². The van der Waals surface area contributed by atoms with E-state index in [2.05, 4.69) is 10.5 Å². The number of ether oxygens (including phenoxy) is 1. The summed E-state index contributed by atoms with van der Waals surface area (Å²) in [6.45, 7) is 4.00. The van der Waals surface area contributed by atoms with Gasteiger partial charge in [-0.15, -0.1) is 0 Å². The third kappa shape index (κ3) is 2.33. The molecule has 5 nitrogen and oxygen atoms in total. The van der Waals surface area contributed by atoms with Crippen molar-refractivity contribution in [1.82, 2.24) is 10.5 Å². The molecule has 1 aromatic carbocycles. The topological polar surface area (TPSA) is 60.5 Å². The van der Waals surface area contributed by atoms with Crippen molar-refractivity contribution in [2.45, 2.75) is 25.9 Å². The first-order valence-corrected chi connectivity index (χ1v) is 7.38. The number of carbonyl (C=O) groups excluding carboxylic acids is 1. The molecule has 0 spiro atoms. The molecule has 5 heteroatoms. The second kappa shape index (κ2) is 5.77. The number of esters is 1. The summed E-state index contributed by atoms with van der Waals surface area (Å²) >= 11 is 0. The van der Waals surface area contributed by atoms with E-state index in [1.54, 1.807) is 19.2 Å². The highest BCUT2D eigenvalue weighted by molar-refractivity contribution is 5.94. The van der Waals surface area contributed by atoms with E-state index in [4.69, 9.17) is 9.57 Å². The van der Waals surface area contributed by atoms with Crippen LogP contribution in [0, 0.1) is 0 Å². The lowest BCUT2D eigenvalue weighted by atomic mass is 9.97. The van der Waals surface area contributed by atoms with Gasteiger partial charge in [-0.3, -0.25) is 15.3 Å². The standard InChI is InChI=1S/C17H18N2O3/c1-3-17(16(20)21-4-2)11-15(19-22-17)13-9-10-18-14-8-6-5-7-12(13)14/h5-11,19H,3-4H2,1-2H3. The zero-order valence-electron chi connectivity index (χ0n) is 12.6. The van der Waals surface area contributed by atoms with E-state index < -0.39 is 5.60 Å². The molecule has 22 heavy (non-hydrogen) atoms. The largest absolute Gasteiger partial charge is 0.464 e. The first kappa shape index (κ1) is 14.5. The summed E-state index contributed by atoms with van der Waals surface area (Å²) < 4.78 is 5.13. The van der Waals surface area contributed by atoms with Crippen molar-refractivity contribution >= 4 is 22.6 Å². The Labute approximate surface area is 128 Å². The Morgan fingerprint density at radius 2 is 2.14 bits per heavy atom. The summed E-state index contributed by atoms with van der Waals surface area (Å²) in [5.74, 6) is -0.377. The minimum atomic E-state index is -1.07. The fraction of sp³-hybridized carbons (Fsp3) is 0.294. The van der Waals surface area contributed by atoms with E-state index in [1.165, 1.54) is 0 Å². The highest BCUT2D eigenvalue weighted by atomic mass is 16.7. The molecular formula is C17H18N2O3. The van der Waals surface area contributed by atoms with Gasteiger partial charge in [0.2, 0.25) is 5.60 Å². The summed E-state index contributed by atoms with van der Waals surface area (Å²) in [6.07, 6.45) is 4.04. The average Bonchev–Trinajstić information content (AvgIpc) is 3.00. The highest BCUT2D eigenvalue weighted by Gasteiger charge is 2.43. The third-order valence-corrected chi connectivity index (χ3v) is 3.81. The molecule has 0 radical (unpaired) electrons. The molecule has 0 saturated carbocycles. The zero-order valence-corrected chi connectivity index (χ0v) is 12.6. The number of fused-ring (bicyclic) bond motifs is 1. The molecular weight excluding hydrogens is 280 g/mol. The van der Waals surface area contributed by atoms with Crippen molar-refractivity contribution in [3.63, 3.8) is 0 Å². The minimum absolute atomic E-state index is 0.325. The minimum Gasteiger partial charge on any atom is -0.464 e. The van der Waals surface area contributed by atoms with Crippen molar-refractivity contribution < 1.29 is 14.4 Å². The van der Waals surface area contributed by atoms with Crippen LogP contribution in [-0.4, -0.2) is 23.2 Å². The van der Waals surface area contributed by atoms with Crippen LogP contribution in [0.2, 0.25) is 0 Å². The van der Waals surface area contributed by atoms with Crippen LogP contribution in [-0.2, 0) is 14.4 Å². The Morgan fingerprint density at radius 3 is 2.91 bits per heavy atom. The number of nitrogens with zero attached hydrogens (tertiary/aromatic N) is 1. The highest BCUT2D eigenvalue weighted by Crippen LogP contribution is 2.32. The van der Waals surface area contributed by atoms with Gasteiger partial charge in [-0.05, 0) is 31.6 Å². The van der Waals surface area contributed by atoms with Crippen molar-refractivity contribution in [3.8, 4) is 0 Å². The third-order valence-electron chi connectivity index (χ3n) is 3.81. The fourth-order valence-corrected chi connectivity index (χ4v) is 2.57. The predicted octanol–water partition coefficient (Wildman–Crippen LogP) is 2.82. The van der Waals surface area contributed by atoms with Gasteiger partial charge in [0, 0.05) is 17.1 Å². The van der Waals surface area contributed by atoms with Crippen LogP contribution in [0.25, 0.3) is 16.6 Å². The Hall–Kier alpha value is -2.40. The van der Waals surface area contributed by atoms with Gasteiger partial charge in [-0.25, -0.2) is 4.79 Å². The van der Waals surface area contributed by atoms with Crippen LogP contribution in [0.15, 0.2) is 42.6 Å². The van der Waals surface area contributed by atoms with Gasteiger partial charge < -0.3 is 4.74 Å². The number of benzene rings is 1. The van der Waals surface area contributed by atoms with Crippen molar-refractivity contribution in [3.05, 3.63) is 48.2 Å². The van der Waals surface area contributed by atoms with Gasteiger partial charge in [0.1, 0.15) is 0 Å². The number of rotatable bonds is 4. The first-order valence-electron chi connectivity index (χ1n) is 7.38. The monoisotopic (exact) mass is 298 g/mol. The lowest BCUT2D eigenvalue weighted by Crippen LogP contribution is -2.39. The lowest BCUT2D eigenvalue weighted by molar-refractivity contribution is -0.168. The van der Waals surface area contributed by atoms with Crippen LogP contribution in [0.1, 0.15) is 25.8 Å². The van der Waals surface area contributed by atoms with E-state index in [-0.39, 0.29) is 5.97 Å². The summed E-state index contributed by atoms with van der Waals surface area (Å²) in [6, 6.07) is 9.76. The fourth-order valence-electron chi connectivity index (χ4n) is 2.57. The molecule has 2 aromatic rings. The smallest absolute Gasteiger partial charge is 0.345 e. The molecule has 0 fully saturated rings. The summed E-state index contributed by atoms with van der Waals surface area (Å²) in [5, 5.41) is 1.00. The zero-order chi connectivity index (χ0) is 15.6. The van der Waals surface area contributed by atoms with E-state index in [0.29, 0.717) is 13.0 Å². The van der Waals surface area contributed by atoms with Crippen molar-refractivity contribution in [1.29, 1.82) is 0 Å². The Kier molecular flexibility index (Phi) is 3.81. The van der Waals surface area contributed by atoms with Gasteiger partial charge in [0.25, 0.3) is 0 Å². The molecule has 0 amide bonds. The molecule has 0 saturated heterocycles. The van der Waals surface area contributed by atoms with Gasteiger partial charge in [-0.1, -0.05) is 25.1 Å². The molecule has 1 aliphatic rings. The number of aromatic nitrogens is 1.